The minimum Gasteiger partial charge on any atom is -0.490 e. The van der Waals surface area contributed by atoms with Crippen LogP contribution in [0, 0.1) is 0 Å². The summed E-state index contributed by atoms with van der Waals surface area (Å²) in [6, 6.07) is 10.1. The van der Waals surface area contributed by atoms with Crippen molar-refractivity contribution in [3.8, 4) is 11.5 Å². The minimum atomic E-state index is 0.235. The van der Waals surface area contributed by atoms with Crippen LogP contribution in [-0.4, -0.2) is 24.7 Å². The lowest BCUT2D eigenvalue weighted by Crippen LogP contribution is -2.15. The van der Waals surface area contributed by atoms with Crippen LogP contribution >= 0.6 is 0 Å². The van der Waals surface area contributed by atoms with E-state index in [4.69, 9.17) is 15.2 Å². The molecule has 1 atom stereocenters. The van der Waals surface area contributed by atoms with Gasteiger partial charge in [0.2, 0.25) is 0 Å². The summed E-state index contributed by atoms with van der Waals surface area (Å²) >= 11 is 0. The topological polar surface area (TPSA) is 57.4 Å². The molecule has 0 fully saturated rings. The van der Waals surface area contributed by atoms with Crippen molar-refractivity contribution in [2.75, 3.05) is 19.8 Å². The summed E-state index contributed by atoms with van der Waals surface area (Å²) in [4.78, 5) is 4.17. The highest BCUT2D eigenvalue weighted by molar-refractivity contribution is 5.44. The van der Waals surface area contributed by atoms with Gasteiger partial charge in [-0.25, -0.2) is 0 Å². The smallest absolute Gasteiger partial charge is 0.161 e. The highest BCUT2D eigenvalue weighted by Crippen LogP contribution is 2.32. The van der Waals surface area contributed by atoms with Gasteiger partial charge in [-0.3, -0.25) is 4.98 Å². The standard InChI is InChI=1S/C18H24N2O2/c1-3-21-17-8-7-15(11-18(17)22-4-2)16(12-19)10-14-6-5-9-20-13-14/h5-9,11,13,16H,3-4,10,12,19H2,1-2H3. The number of pyridine rings is 1. The fourth-order valence-electron chi connectivity index (χ4n) is 2.46. The predicted molar refractivity (Wildman–Crippen MR) is 88.5 cm³/mol. The van der Waals surface area contributed by atoms with Crippen molar-refractivity contribution in [1.82, 2.24) is 4.98 Å². The lowest BCUT2D eigenvalue weighted by molar-refractivity contribution is 0.287. The molecule has 2 N–H and O–H groups in total. The van der Waals surface area contributed by atoms with E-state index in [1.807, 2.05) is 38.2 Å². The number of aromatic nitrogens is 1. The Kier molecular flexibility index (Phi) is 6.22. The predicted octanol–water partition coefficient (Wildman–Crippen LogP) is 3.16. The Morgan fingerprint density at radius 1 is 1.09 bits per heavy atom. The van der Waals surface area contributed by atoms with Crippen LogP contribution in [0.2, 0.25) is 0 Å². The van der Waals surface area contributed by atoms with Crippen molar-refractivity contribution in [2.45, 2.75) is 26.2 Å². The van der Waals surface area contributed by atoms with E-state index in [9.17, 15) is 0 Å². The molecule has 1 aromatic heterocycles. The summed E-state index contributed by atoms with van der Waals surface area (Å²) in [5.74, 6) is 1.80. The SMILES string of the molecule is CCOc1ccc(C(CN)Cc2cccnc2)cc1OCC. The van der Waals surface area contributed by atoms with Crippen molar-refractivity contribution in [2.24, 2.45) is 5.73 Å². The maximum atomic E-state index is 5.98. The van der Waals surface area contributed by atoms with Gasteiger partial charge in [-0.1, -0.05) is 12.1 Å². The zero-order valence-electron chi connectivity index (χ0n) is 13.3. The molecule has 1 unspecified atom stereocenters. The van der Waals surface area contributed by atoms with E-state index in [1.165, 1.54) is 11.1 Å². The highest BCUT2D eigenvalue weighted by atomic mass is 16.5. The van der Waals surface area contributed by atoms with Gasteiger partial charge in [0.05, 0.1) is 13.2 Å². The number of nitrogens with zero attached hydrogens (tertiary/aromatic N) is 1. The first-order valence-corrected chi connectivity index (χ1v) is 7.77. The van der Waals surface area contributed by atoms with Crippen LogP contribution in [0.15, 0.2) is 42.7 Å². The number of rotatable bonds is 8. The van der Waals surface area contributed by atoms with Gasteiger partial charge in [-0.2, -0.15) is 0 Å². The summed E-state index contributed by atoms with van der Waals surface area (Å²) in [7, 11) is 0. The first-order valence-electron chi connectivity index (χ1n) is 7.77. The fraction of sp³-hybridized carbons (Fsp3) is 0.389. The zero-order chi connectivity index (χ0) is 15.8. The quantitative estimate of drug-likeness (QED) is 0.813. The molecule has 0 spiro atoms. The van der Waals surface area contributed by atoms with Crippen molar-refractivity contribution < 1.29 is 9.47 Å². The molecule has 2 rings (SSSR count). The lowest BCUT2D eigenvalue weighted by Gasteiger charge is -2.18. The number of hydrogen-bond donors (Lipinski definition) is 1. The molecule has 118 valence electrons. The maximum absolute atomic E-state index is 5.98. The Morgan fingerprint density at radius 3 is 2.50 bits per heavy atom. The Balaban J connectivity index is 2.23. The van der Waals surface area contributed by atoms with Crippen LogP contribution < -0.4 is 15.2 Å². The third-order valence-electron chi connectivity index (χ3n) is 3.53. The number of nitrogens with two attached hydrogens (primary N) is 1. The molecular weight excluding hydrogens is 276 g/mol. The van der Waals surface area contributed by atoms with Crippen LogP contribution in [0.5, 0.6) is 11.5 Å². The molecule has 0 aliphatic carbocycles. The minimum absolute atomic E-state index is 0.235. The zero-order valence-corrected chi connectivity index (χ0v) is 13.3. The Hall–Kier alpha value is -2.07. The van der Waals surface area contributed by atoms with E-state index < -0.39 is 0 Å². The molecule has 0 saturated heterocycles. The second-order valence-electron chi connectivity index (χ2n) is 5.07. The molecule has 0 saturated carbocycles. The van der Waals surface area contributed by atoms with Crippen LogP contribution in [-0.2, 0) is 6.42 Å². The van der Waals surface area contributed by atoms with E-state index in [1.54, 1.807) is 6.20 Å². The van der Waals surface area contributed by atoms with Crippen LogP contribution in [0.1, 0.15) is 30.9 Å². The third-order valence-corrected chi connectivity index (χ3v) is 3.53. The maximum Gasteiger partial charge on any atom is 0.161 e. The van der Waals surface area contributed by atoms with Gasteiger partial charge in [0.15, 0.2) is 11.5 Å². The van der Waals surface area contributed by atoms with E-state index >= 15 is 0 Å². The highest BCUT2D eigenvalue weighted by Gasteiger charge is 2.14. The number of benzene rings is 1. The van der Waals surface area contributed by atoms with Crippen molar-refractivity contribution >= 4 is 0 Å². The molecule has 1 aromatic carbocycles. The Labute approximate surface area is 132 Å². The van der Waals surface area contributed by atoms with Gasteiger partial charge in [0.1, 0.15) is 0 Å². The van der Waals surface area contributed by atoms with Crippen molar-refractivity contribution in [3.63, 3.8) is 0 Å². The second-order valence-corrected chi connectivity index (χ2v) is 5.07. The van der Waals surface area contributed by atoms with Gasteiger partial charge in [-0.15, -0.1) is 0 Å². The summed E-state index contributed by atoms with van der Waals surface area (Å²) in [5, 5.41) is 0. The first kappa shape index (κ1) is 16.3. The van der Waals surface area contributed by atoms with Crippen LogP contribution in [0.4, 0.5) is 0 Å². The summed E-state index contributed by atoms with van der Waals surface area (Å²) in [6.45, 7) is 5.75. The molecule has 4 nitrogen and oxygen atoms in total. The molecule has 0 bridgehead atoms. The average Bonchev–Trinajstić information content (AvgIpc) is 2.56. The molecule has 0 radical (unpaired) electrons. The largest absolute Gasteiger partial charge is 0.490 e. The molecule has 2 aromatic rings. The van der Waals surface area contributed by atoms with Crippen LogP contribution in [0.25, 0.3) is 0 Å². The molecule has 1 heterocycles. The normalized spacial score (nSPS) is 12.0. The lowest BCUT2D eigenvalue weighted by atomic mass is 9.92. The van der Waals surface area contributed by atoms with Gasteiger partial charge in [-0.05, 0) is 56.1 Å². The molecule has 0 aliphatic rings. The monoisotopic (exact) mass is 300 g/mol. The molecule has 0 aliphatic heterocycles. The molecular formula is C18H24N2O2. The second kappa shape index (κ2) is 8.39. The molecule has 4 heteroatoms. The Morgan fingerprint density at radius 2 is 1.86 bits per heavy atom. The van der Waals surface area contributed by atoms with Gasteiger partial charge < -0.3 is 15.2 Å². The first-order chi connectivity index (χ1) is 10.8. The van der Waals surface area contributed by atoms with Crippen molar-refractivity contribution in [1.29, 1.82) is 0 Å². The third kappa shape index (κ3) is 4.21. The van der Waals surface area contributed by atoms with E-state index in [0.29, 0.717) is 19.8 Å². The average molecular weight is 300 g/mol. The summed E-state index contributed by atoms with van der Waals surface area (Å²) in [6.07, 6.45) is 4.54. The number of hydrogen-bond acceptors (Lipinski definition) is 4. The molecule has 22 heavy (non-hydrogen) atoms. The van der Waals surface area contributed by atoms with Crippen LogP contribution in [0.3, 0.4) is 0 Å². The van der Waals surface area contributed by atoms with Gasteiger partial charge >= 0.3 is 0 Å². The summed E-state index contributed by atoms with van der Waals surface area (Å²) < 4.78 is 11.3. The summed E-state index contributed by atoms with van der Waals surface area (Å²) in [5.41, 5.74) is 8.33. The fourth-order valence-corrected chi connectivity index (χ4v) is 2.46. The van der Waals surface area contributed by atoms with E-state index in [2.05, 4.69) is 17.1 Å². The Bertz CT molecular complexity index is 573. The number of ether oxygens (including phenoxy) is 2. The van der Waals surface area contributed by atoms with Gasteiger partial charge in [0.25, 0.3) is 0 Å². The molecule has 0 amide bonds. The van der Waals surface area contributed by atoms with Crippen molar-refractivity contribution in [3.05, 3.63) is 53.9 Å². The van der Waals surface area contributed by atoms with E-state index in [0.717, 1.165) is 17.9 Å². The van der Waals surface area contributed by atoms with E-state index in [-0.39, 0.29) is 5.92 Å². The van der Waals surface area contributed by atoms with Gasteiger partial charge in [0, 0.05) is 18.3 Å².